The Bertz CT molecular complexity index is 664. The van der Waals surface area contributed by atoms with Gasteiger partial charge in [0.15, 0.2) is 0 Å². The molecule has 0 saturated heterocycles. The number of carbonyl (C=O) groups is 1. The molecule has 4 nitrogen and oxygen atoms in total. The largest absolute Gasteiger partial charge is 0.496 e. The first-order valence-corrected chi connectivity index (χ1v) is 7.06. The third-order valence-corrected chi connectivity index (χ3v) is 3.68. The second-order valence-electron chi connectivity index (χ2n) is 5.15. The number of para-hydroxylation sites is 1. The van der Waals surface area contributed by atoms with Crippen LogP contribution in [0.3, 0.4) is 0 Å². The average molecular weight is 300 g/mol. The van der Waals surface area contributed by atoms with Crippen molar-refractivity contribution < 1.29 is 19.4 Å². The zero-order valence-electron chi connectivity index (χ0n) is 13.0. The fourth-order valence-electron chi connectivity index (χ4n) is 2.55. The highest BCUT2D eigenvalue weighted by atomic mass is 16.5. The normalized spacial score (nSPS) is 11.8. The van der Waals surface area contributed by atoms with Crippen molar-refractivity contribution in [2.75, 3.05) is 14.2 Å². The Morgan fingerprint density at radius 3 is 2.41 bits per heavy atom. The van der Waals surface area contributed by atoms with Gasteiger partial charge in [-0.3, -0.25) is 4.79 Å². The maximum absolute atomic E-state index is 11.8. The summed E-state index contributed by atoms with van der Waals surface area (Å²) in [6.45, 7) is 1.94. The molecule has 0 radical (unpaired) electrons. The quantitative estimate of drug-likeness (QED) is 0.888. The molecule has 2 rings (SSSR count). The van der Waals surface area contributed by atoms with Gasteiger partial charge in [-0.25, -0.2) is 0 Å². The van der Waals surface area contributed by atoms with E-state index < -0.39 is 11.9 Å². The van der Waals surface area contributed by atoms with E-state index in [1.807, 2.05) is 49.4 Å². The van der Waals surface area contributed by atoms with Gasteiger partial charge >= 0.3 is 5.97 Å². The van der Waals surface area contributed by atoms with Crippen LogP contribution in [0.25, 0.3) is 0 Å². The zero-order chi connectivity index (χ0) is 16.1. The first-order chi connectivity index (χ1) is 10.6. The highest BCUT2D eigenvalue weighted by Gasteiger charge is 2.25. The van der Waals surface area contributed by atoms with Gasteiger partial charge in [0.1, 0.15) is 11.5 Å². The van der Waals surface area contributed by atoms with Crippen LogP contribution in [0.4, 0.5) is 0 Å². The van der Waals surface area contributed by atoms with Crippen LogP contribution >= 0.6 is 0 Å². The second-order valence-corrected chi connectivity index (χ2v) is 5.15. The first kappa shape index (κ1) is 15.9. The molecule has 116 valence electrons. The molecule has 0 aliphatic heterocycles. The van der Waals surface area contributed by atoms with Crippen LogP contribution < -0.4 is 9.47 Å². The Hall–Kier alpha value is -2.49. The van der Waals surface area contributed by atoms with E-state index in [1.54, 1.807) is 14.2 Å². The minimum atomic E-state index is -0.880. The van der Waals surface area contributed by atoms with Gasteiger partial charge in [0.05, 0.1) is 20.1 Å². The zero-order valence-corrected chi connectivity index (χ0v) is 13.0. The van der Waals surface area contributed by atoms with Crippen LogP contribution in [0.2, 0.25) is 0 Å². The highest BCUT2D eigenvalue weighted by Crippen LogP contribution is 2.32. The molecule has 4 heteroatoms. The molecule has 0 saturated carbocycles. The number of hydrogen-bond donors (Lipinski definition) is 1. The summed E-state index contributed by atoms with van der Waals surface area (Å²) in [5, 5.41) is 9.67. The van der Waals surface area contributed by atoms with Gasteiger partial charge in [-0.15, -0.1) is 0 Å². The standard InChI is InChI=1S/C18H20O4/c1-12-8-9-17(22-3)14(10-12)15(18(19)20)11-13-6-4-5-7-16(13)21-2/h4-10,15H,11H2,1-3H3,(H,19,20). The number of aryl methyl sites for hydroxylation is 1. The minimum Gasteiger partial charge on any atom is -0.496 e. The second kappa shape index (κ2) is 6.98. The van der Waals surface area contributed by atoms with Gasteiger partial charge in [-0.05, 0) is 31.0 Å². The van der Waals surface area contributed by atoms with E-state index >= 15 is 0 Å². The number of carboxylic acids is 1. The van der Waals surface area contributed by atoms with Gasteiger partial charge in [0.2, 0.25) is 0 Å². The maximum atomic E-state index is 11.8. The molecule has 1 N–H and O–H groups in total. The lowest BCUT2D eigenvalue weighted by Gasteiger charge is -2.18. The van der Waals surface area contributed by atoms with E-state index in [2.05, 4.69) is 0 Å². The molecule has 0 bridgehead atoms. The number of ether oxygens (including phenoxy) is 2. The Morgan fingerprint density at radius 1 is 1.09 bits per heavy atom. The maximum Gasteiger partial charge on any atom is 0.311 e. The van der Waals surface area contributed by atoms with Crippen LogP contribution in [-0.2, 0) is 11.2 Å². The topological polar surface area (TPSA) is 55.8 Å². The fourth-order valence-corrected chi connectivity index (χ4v) is 2.55. The first-order valence-electron chi connectivity index (χ1n) is 7.06. The number of carboxylic acid groups (broad SMARTS) is 1. The summed E-state index contributed by atoms with van der Waals surface area (Å²) < 4.78 is 10.6. The smallest absolute Gasteiger partial charge is 0.311 e. The molecule has 0 aliphatic rings. The summed E-state index contributed by atoms with van der Waals surface area (Å²) in [5.74, 6) is -0.283. The van der Waals surface area contributed by atoms with Crippen molar-refractivity contribution in [1.29, 1.82) is 0 Å². The van der Waals surface area contributed by atoms with Crippen LogP contribution in [0.5, 0.6) is 11.5 Å². The molecule has 22 heavy (non-hydrogen) atoms. The molecule has 0 amide bonds. The minimum absolute atomic E-state index is 0.346. The third kappa shape index (κ3) is 3.39. The van der Waals surface area contributed by atoms with E-state index in [0.717, 1.165) is 11.1 Å². The number of benzene rings is 2. The van der Waals surface area contributed by atoms with Crippen molar-refractivity contribution in [3.8, 4) is 11.5 Å². The SMILES string of the molecule is COc1ccccc1CC(C(=O)O)c1cc(C)ccc1OC. The molecule has 2 aromatic carbocycles. The molecule has 1 atom stereocenters. The van der Waals surface area contributed by atoms with Crippen molar-refractivity contribution in [1.82, 2.24) is 0 Å². The van der Waals surface area contributed by atoms with E-state index in [-0.39, 0.29) is 0 Å². The molecule has 2 aromatic rings. The van der Waals surface area contributed by atoms with Crippen molar-refractivity contribution in [2.45, 2.75) is 19.3 Å². The highest BCUT2D eigenvalue weighted by molar-refractivity contribution is 5.78. The Balaban J connectivity index is 2.43. The monoisotopic (exact) mass is 300 g/mol. The Kier molecular flexibility index (Phi) is 5.04. The van der Waals surface area contributed by atoms with Gasteiger partial charge in [0, 0.05) is 5.56 Å². The molecule has 0 spiro atoms. The number of methoxy groups -OCH3 is 2. The van der Waals surface area contributed by atoms with Gasteiger partial charge < -0.3 is 14.6 Å². The summed E-state index contributed by atoms with van der Waals surface area (Å²) in [6.07, 6.45) is 0.346. The number of rotatable bonds is 6. The molecule has 0 aromatic heterocycles. The number of hydrogen-bond acceptors (Lipinski definition) is 3. The summed E-state index contributed by atoms with van der Waals surface area (Å²) in [4.78, 5) is 11.8. The average Bonchev–Trinajstić information content (AvgIpc) is 2.52. The fraction of sp³-hybridized carbons (Fsp3) is 0.278. The summed E-state index contributed by atoms with van der Waals surface area (Å²) >= 11 is 0. The van der Waals surface area contributed by atoms with E-state index in [0.29, 0.717) is 23.5 Å². The molecule has 1 unspecified atom stereocenters. The van der Waals surface area contributed by atoms with Crippen LogP contribution in [0.15, 0.2) is 42.5 Å². The van der Waals surface area contributed by atoms with Crippen molar-refractivity contribution in [2.24, 2.45) is 0 Å². The third-order valence-electron chi connectivity index (χ3n) is 3.68. The molecular weight excluding hydrogens is 280 g/mol. The van der Waals surface area contributed by atoms with Crippen molar-refractivity contribution in [3.63, 3.8) is 0 Å². The lowest BCUT2D eigenvalue weighted by atomic mass is 9.90. The molecule has 0 heterocycles. The van der Waals surface area contributed by atoms with E-state index in [1.165, 1.54) is 0 Å². The summed E-state index contributed by atoms with van der Waals surface area (Å²) in [6, 6.07) is 13.1. The molecular formula is C18H20O4. The lowest BCUT2D eigenvalue weighted by Crippen LogP contribution is -2.16. The van der Waals surface area contributed by atoms with Gasteiger partial charge in [-0.2, -0.15) is 0 Å². The van der Waals surface area contributed by atoms with Crippen LogP contribution in [0.1, 0.15) is 22.6 Å². The summed E-state index contributed by atoms with van der Waals surface area (Å²) in [5.41, 5.74) is 2.55. The summed E-state index contributed by atoms with van der Waals surface area (Å²) in [7, 11) is 3.14. The van der Waals surface area contributed by atoms with Gasteiger partial charge in [0.25, 0.3) is 0 Å². The lowest BCUT2D eigenvalue weighted by molar-refractivity contribution is -0.138. The van der Waals surface area contributed by atoms with Crippen molar-refractivity contribution in [3.05, 3.63) is 59.2 Å². The molecule has 0 aliphatic carbocycles. The van der Waals surface area contributed by atoms with Crippen molar-refractivity contribution >= 4 is 5.97 Å². The predicted octanol–water partition coefficient (Wildman–Crippen LogP) is 3.42. The molecule has 0 fully saturated rings. The van der Waals surface area contributed by atoms with E-state index in [9.17, 15) is 9.90 Å². The Morgan fingerprint density at radius 2 is 1.77 bits per heavy atom. The van der Waals surface area contributed by atoms with Crippen LogP contribution in [0, 0.1) is 6.92 Å². The number of aliphatic carboxylic acids is 1. The Labute approximate surface area is 130 Å². The van der Waals surface area contributed by atoms with E-state index in [4.69, 9.17) is 9.47 Å². The van der Waals surface area contributed by atoms with Crippen LogP contribution in [-0.4, -0.2) is 25.3 Å². The van der Waals surface area contributed by atoms with Gasteiger partial charge in [-0.1, -0.05) is 35.9 Å². The predicted molar refractivity (Wildman–Crippen MR) is 84.8 cm³/mol.